The number of nitrogens with one attached hydrogen (secondary N) is 2. The highest BCUT2D eigenvalue weighted by atomic mass is 35.5. The van der Waals surface area contributed by atoms with E-state index in [1.807, 2.05) is 19.1 Å². The standard InChI is InChI=1S/C19H16ClFN4O/c1-12-14(20)6-4-8-16(12)25-18-11-22-17(10-23-18)19(26)24-9-13-5-2-3-7-15(13)21/h2-8,10-11H,9H2,1H3,(H,23,25)(H,24,26). The second-order valence-corrected chi connectivity index (χ2v) is 6.01. The maximum absolute atomic E-state index is 13.6. The molecule has 0 fully saturated rings. The molecule has 26 heavy (non-hydrogen) atoms. The van der Waals surface area contributed by atoms with Gasteiger partial charge in [-0.15, -0.1) is 0 Å². The van der Waals surface area contributed by atoms with Crippen molar-refractivity contribution in [2.45, 2.75) is 13.5 Å². The lowest BCUT2D eigenvalue weighted by atomic mass is 10.2. The van der Waals surface area contributed by atoms with Crippen LogP contribution >= 0.6 is 11.6 Å². The number of aromatic nitrogens is 2. The first-order chi connectivity index (χ1) is 12.5. The van der Waals surface area contributed by atoms with E-state index in [9.17, 15) is 9.18 Å². The first-order valence-electron chi connectivity index (χ1n) is 7.90. The van der Waals surface area contributed by atoms with Crippen molar-refractivity contribution in [2.75, 3.05) is 5.32 Å². The summed E-state index contributed by atoms with van der Waals surface area (Å²) >= 11 is 6.09. The maximum Gasteiger partial charge on any atom is 0.271 e. The molecule has 1 heterocycles. The van der Waals surface area contributed by atoms with Crippen LogP contribution in [0.3, 0.4) is 0 Å². The highest BCUT2D eigenvalue weighted by molar-refractivity contribution is 6.31. The van der Waals surface area contributed by atoms with Gasteiger partial charge in [-0.1, -0.05) is 35.9 Å². The lowest BCUT2D eigenvalue weighted by Gasteiger charge is -2.10. The summed E-state index contributed by atoms with van der Waals surface area (Å²) < 4.78 is 13.6. The Balaban J connectivity index is 1.64. The van der Waals surface area contributed by atoms with Crippen LogP contribution < -0.4 is 10.6 Å². The van der Waals surface area contributed by atoms with Crippen LogP contribution in [0, 0.1) is 12.7 Å². The normalized spacial score (nSPS) is 10.4. The molecule has 0 saturated heterocycles. The van der Waals surface area contributed by atoms with E-state index in [0.29, 0.717) is 16.4 Å². The van der Waals surface area contributed by atoms with Crippen LogP contribution in [-0.2, 0) is 6.54 Å². The van der Waals surface area contributed by atoms with Crippen LogP contribution in [0.1, 0.15) is 21.6 Å². The van der Waals surface area contributed by atoms with Crippen molar-refractivity contribution < 1.29 is 9.18 Å². The molecule has 0 unspecified atom stereocenters. The number of halogens is 2. The van der Waals surface area contributed by atoms with Gasteiger partial charge in [0, 0.05) is 22.8 Å². The second kappa shape index (κ2) is 7.93. The van der Waals surface area contributed by atoms with Crippen molar-refractivity contribution in [1.29, 1.82) is 0 Å². The monoisotopic (exact) mass is 370 g/mol. The van der Waals surface area contributed by atoms with Gasteiger partial charge in [-0.2, -0.15) is 0 Å². The number of amides is 1. The molecule has 0 aliphatic rings. The molecule has 7 heteroatoms. The Morgan fingerprint density at radius 2 is 1.92 bits per heavy atom. The summed E-state index contributed by atoms with van der Waals surface area (Å²) in [5, 5.41) is 6.37. The Hall–Kier alpha value is -2.99. The molecular weight excluding hydrogens is 355 g/mol. The fourth-order valence-corrected chi connectivity index (χ4v) is 2.47. The van der Waals surface area contributed by atoms with Crippen molar-refractivity contribution in [1.82, 2.24) is 15.3 Å². The first kappa shape index (κ1) is 17.8. The molecule has 2 N–H and O–H groups in total. The quantitative estimate of drug-likeness (QED) is 0.704. The molecular formula is C19H16ClFN4O. The first-order valence-corrected chi connectivity index (χ1v) is 8.28. The summed E-state index contributed by atoms with van der Waals surface area (Å²) in [5.41, 5.74) is 2.25. The molecule has 2 aromatic carbocycles. The minimum absolute atomic E-state index is 0.0783. The molecule has 0 aliphatic carbocycles. The Labute approximate surface area is 155 Å². The van der Waals surface area contributed by atoms with E-state index >= 15 is 0 Å². The van der Waals surface area contributed by atoms with Crippen LogP contribution in [0.4, 0.5) is 15.9 Å². The van der Waals surface area contributed by atoms with Gasteiger partial charge in [-0.25, -0.2) is 14.4 Å². The molecule has 0 saturated carbocycles. The molecule has 5 nitrogen and oxygen atoms in total. The smallest absolute Gasteiger partial charge is 0.271 e. The summed E-state index contributed by atoms with van der Waals surface area (Å²) in [7, 11) is 0. The molecule has 0 bridgehead atoms. The van der Waals surface area contributed by atoms with Crippen LogP contribution in [0.15, 0.2) is 54.9 Å². The van der Waals surface area contributed by atoms with Crippen molar-refractivity contribution in [2.24, 2.45) is 0 Å². The van der Waals surface area contributed by atoms with Gasteiger partial charge in [-0.3, -0.25) is 4.79 Å². The molecule has 0 atom stereocenters. The zero-order valence-electron chi connectivity index (χ0n) is 14.0. The van der Waals surface area contributed by atoms with Gasteiger partial charge >= 0.3 is 0 Å². The summed E-state index contributed by atoms with van der Waals surface area (Å²) in [4.78, 5) is 20.4. The number of rotatable bonds is 5. The van der Waals surface area contributed by atoms with Gasteiger partial charge in [0.1, 0.15) is 17.3 Å². The number of anilines is 2. The van der Waals surface area contributed by atoms with Crippen LogP contribution in [0.2, 0.25) is 5.02 Å². The number of carbonyl (C=O) groups is 1. The van der Waals surface area contributed by atoms with Gasteiger partial charge in [-0.05, 0) is 30.7 Å². The minimum atomic E-state index is -0.425. The van der Waals surface area contributed by atoms with Crippen molar-refractivity contribution in [3.63, 3.8) is 0 Å². The predicted molar refractivity (Wildman–Crippen MR) is 99.1 cm³/mol. The average Bonchev–Trinajstić information content (AvgIpc) is 2.65. The third-order valence-electron chi connectivity index (χ3n) is 3.81. The highest BCUT2D eigenvalue weighted by Crippen LogP contribution is 2.25. The number of hydrogen-bond donors (Lipinski definition) is 2. The van der Waals surface area contributed by atoms with E-state index in [-0.39, 0.29) is 18.1 Å². The molecule has 1 amide bonds. The molecule has 0 spiro atoms. The van der Waals surface area contributed by atoms with Crippen LogP contribution in [-0.4, -0.2) is 15.9 Å². The molecule has 132 valence electrons. The third kappa shape index (κ3) is 4.15. The van der Waals surface area contributed by atoms with Gasteiger partial charge in [0.05, 0.1) is 12.4 Å². The lowest BCUT2D eigenvalue weighted by molar-refractivity contribution is 0.0945. The Morgan fingerprint density at radius 1 is 1.12 bits per heavy atom. The number of benzene rings is 2. The summed E-state index contributed by atoms with van der Waals surface area (Å²) in [6.07, 6.45) is 2.82. The SMILES string of the molecule is Cc1c(Cl)cccc1Nc1cnc(C(=O)NCc2ccccc2F)cn1. The van der Waals surface area contributed by atoms with Crippen molar-refractivity contribution >= 4 is 29.0 Å². The molecule has 1 aromatic heterocycles. The lowest BCUT2D eigenvalue weighted by Crippen LogP contribution is -2.24. The summed E-state index contributed by atoms with van der Waals surface area (Å²) in [6, 6.07) is 11.8. The topological polar surface area (TPSA) is 66.9 Å². The number of carbonyl (C=O) groups excluding carboxylic acids is 1. The van der Waals surface area contributed by atoms with E-state index in [0.717, 1.165) is 11.3 Å². The summed E-state index contributed by atoms with van der Waals surface area (Å²) in [6.45, 7) is 1.97. The fourth-order valence-electron chi connectivity index (χ4n) is 2.30. The van der Waals surface area contributed by atoms with E-state index in [1.54, 1.807) is 24.3 Å². The Kier molecular flexibility index (Phi) is 5.43. The Bertz CT molecular complexity index is 931. The summed E-state index contributed by atoms with van der Waals surface area (Å²) in [5.74, 6) is -0.303. The predicted octanol–water partition coefficient (Wildman–Crippen LogP) is 4.25. The second-order valence-electron chi connectivity index (χ2n) is 5.60. The van der Waals surface area contributed by atoms with Gasteiger partial charge in [0.25, 0.3) is 5.91 Å². The molecule has 3 aromatic rings. The zero-order valence-corrected chi connectivity index (χ0v) is 14.7. The van der Waals surface area contributed by atoms with Crippen molar-refractivity contribution in [3.05, 3.63) is 82.5 Å². The van der Waals surface area contributed by atoms with E-state index in [2.05, 4.69) is 20.6 Å². The van der Waals surface area contributed by atoms with Crippen LogP contribution in [0.5, 0.6) is 0 Å². The minimum Gasteiger partial charge on any atom is -0.346 e. The molecule has 0 radical (unpaired) electrons. The van der Waals surface area contributed by atoms with E-state index in [4.69, 9.17) is 11.6 Å². The van der Waals surface area contributed by atoms with E-state index < -0.39 is 5.91 Å². The molecule has 0 aliphatic heterocycles. The maximum atomic E-state index is 13.6. The number of hydrogen-bond acceptors (Lipinski definition) is 4. The van der Waals surface area contributed by atoms with Gasteiger partial charge < -0.3 is 10.6 Å². The average molecular weight is 371 g/mol. The fraction of sp³-hybridized carbons (Fsp3) is 0.105. The third-order valence-corrected chi connectivity index (χ3v) is 4.22. The largest absolute Gasteiger partial charge is 0.346 e. The zero-order chi connectivity index (χ0) is 18.5. The highest BCUT2D eigenvalue weighted by Gasteiger charge is 2.10. The van der Waals surface area contributed by atoms with Gasteiger partial charge in [0.2, 0.25) is 0 Å². The van der Waals surface area contributed by atoms with Crippen LogP contribution in [0.25, 0.3) is 0 Å². The van der Waals surface area contributed by atoms with Crippen molar-refractivity contribution in [3.8, 4) is 0 Å². The van der Waals surface area contributed by atoms with E-state index in [1.165, 1.54) is 18.5 Å². The van der Waals surface area contributed by atoms with Gasteiger partial charge in [0.15, 0.2) is 0 Å². The molecule has 3 rings (SSSR count). The number of nitrogens with zero attached hydrogens (tertiary/aromatic N) is 2. The Morgan fingerprint density at radius 3 is 2.65 bits per heavy atom.